The Morgan fingerprint density at radius 1 is 1.11 bits per heavy atom. The highest BCUT2D eigenvalue weighted by Crippen LogP contribution is 2.49. The summed E-state index contributed by atoms with van der Waals surface area (Å²) in [5.74, 6) is -0.319. The number of hydrogen-bond acceptors (Lipinski definition) is 11. The number of piperidine rings is 1. The maximum absolute atomic E-state index is 13.8. The van der Waals surface area contributed by atoms with Gasteiger partial charge in [-0.2, -0.15) is 30.6 Å². The van der Waals surface area contributed by atoms with Crippen LogP contribution in [0.4, 0.5) is 26.3 Å². The summed E-state index contributed by atoms with van der Waals surface area (Å²) in [5, 5.41) is 13.0. The number of aliphatic hydroxyl groups is 1. The number of thiocarbonyl (C=S) groups is 1. The number of allylic oxidation sites excluding steroid dienone is 3. The van der Waals surface area contributed by atoms with Gasteiger partial charge in [0.05, 0.1) is 18.1 Å². The normalized spacial score (nSPS) is 28.1. The molecule has 19 heteroatoms. The largest absolute Gasteiger partial charge is 0.430 e. The summed E-state index contributed by atoms with van der Waals surface area (Å²) in [4.78, 5) is 21.8. The maximum Gasteiger partial charge on any atom is 0.430 e. The van der Waals surface area contributed by atoms with Crippen molar-refractivity contribution >= 4 is 32.9 Å². The lowest BCUT2D eigenvalue weighted by Crippen LogP contribution is -2.68. The number of sulfonamides is 1. The predicted molar refractivity (Wildman–Crippen MR) is 145 cm³/mol. The molecule has 4 aliphatic rings. The van der Waals surface area contributed by atoms with E-state index >= 15 is 0 Å². The number of alkyl halides is 6. The zero-order valence-electron chi connectivity index (χ0n) is 22.9. The number of morpholine rings is 1. The Labute approximate surface area is 253 Å². The van der Waals surface area contributed by atoms with Crippen molar-refractivity contribution in [2.45, 2.75) is 54.8 Å². The highest BCUT2D eigenvalue weighted by atomic mass is 32.2. The van der Waals surface area contributed by atoms with Gasteiger partial charge in [-0.25, -0.2) is 18.4 Å². The number of carbonyl (C=O) groups is 1. The fourth-order valence-corrected chi connectivity index (χ4v) is 8.07. The molecule has 1 aliphatic carbocycles. The summed E-state index contributed by atoms with van der Waals surface area (Å²) in [6, 6.07) is -0.835. The third-order valence-electron chi connectivity index (χ3n) is 8.24. The molecular formula is C25H28F6N6O5S2. The molecule has 242 valence electrons. The number of aromatic nitrogens is 2. The van der Waals surface area contributed by atoms with Crippen molar-refractivity contribution in [3.63, 3.8) is 0 Å². The van der Waals surface area contributed by atoms with Crippen molar-refractivity contribution in [1.29, 1.82) is 0 Å². The number of nitrogens with zero attached hydrogens (tertiary/aromatic N) is 4. The van der Waals surface area contributed by atoms with E-state index in [1.807, 2.05) is 4.90 Å². The number of fused-ring (bicyclic) bond motifs is 2. The van der Waals surface area contributed by atoms with E-state index in [9.17, 15) is 44.7 Å². The third-order valence-corrected chi connectivity index (χ3v) is 10.7. The fraction of sp³-hybridized carbons (Fsp3) is 0.600. The lowest BCUT2D eigenvalue weighted by molar-refractivity contribution is -0.376. The van der Waals surface area contributed by atoms with Gasteiger partial charge in [0.2, 0.25) is 10.0 Å². The van der Waals surface area contributed by atoms with Crippen LogP contribution in [-0.2, 0) is 30.7 Å². The molecular weight excluding hydrogens is 642 g/mol. The summed E-state index contributed by atoms with van der Waals surface area (Å²) < 4.78 is 115. The molecule has 0 saturated carbocycles. The van der Waals surface area contributed by atoms with Crippen molar-refractivity contribution in [2.75, 3.05) is 39.4 Å². The van der Waals surface area contributed by atoms with E-state index in [2.05, 4.69) is 15.3 Å². The van der Waals surface area contributed by atoms with Crippen LogP contribution in [0.5, 0.6) is 0 Å². The van der Waals surface area contributed by atoms with Crippen LogP contribution in [0.2, 0.25) is 0 Å². The minimum Gasteiger partial charge on any atom is -0.399 e. The van der Waals surface area contributed by atoms with Crippen LogP contribution < -0.4 is 11.1 Å². The number of halogens is 6. The lowest BCUT2D eigenvalue weighted by Gasteiger charge is -2.51. The van der Waals surface area contributed by atoms with Crippen LogP contribution in [0.25, 0.3) is 0 Å². The average molecular weight is 671 g/mol. The Hall–Kier alpha value is -2.55. The minimum atomic E-state index is -6.15. The van der Waals surface area contributed by atoms with Crippen LogP contribution in [0, 0.1) is 0 Å². The molecule has 1 aromatic rings. The molecule has 3 aliphatic heterocycles. The molecule has 4 heterocycles. The number of hydrogen-bond donors (Lipinski definition) is 3. The van der Waals surface area contributed by atoms with E-state index in [1.54, 1.807) is 6.08 Å². The first-order valence-corrected chi connectivity index (χ1v) is 15.2. The second kappa shape index (κ2) is 11.4. The van der Waals surface area contributed by atoms with E-state index in [1.165, 1.54) is 6.08 Å². The standard InChI is InChI=1S/C25H28F6N6O5S2/c26-24(27,28)23(39,25(29,30)31)14-8-33-21(34-9-14)22(13-37-16-6-18(38)7-17(37)11-42-10-16)12-36(4-3-35-22)44(40,41)20-5-15(32)1-2-19(20)43/h1,5,8-9,16-17,35,39H,2-4,6-7,10-13,32H2/t16?,17?,22-/m1/s1. The van der Waals surface area contributed by atoms with Crippen LogP contribution in [0.15, 0.2) is 35.1 Å². The highest BCUT2D eigenvalue weighted by Gasteiger charge is 2.72. The first kappa shape index (κ1) is 32.8. The molecule has 0 amide bonds. The molecule has 2 unspecified atom stereocenters. The topological polar surface area (TPSA) is 151 Å². The number of nitrogens with one attached hydrogen (secondary N) is 1. The average Bonchev–Trinajstić information content (AvgIpc) is 2.93. The molecule has 5 rings (SSSR count). The molecule has 0 radical (unpaired) electrons. The zero-order valence-corrected chi connectivity index (χ0v) is 24.5. The third kappa shape index (κ3) is 5.67. The lowest BCUT2D eigenvalue weighted by atomic mass is 9.88. The molecule has 3 atom stereocenters. The first-order valence-electron chi connectivity index (χ1n) is 13.4. The van der Waals surface area contributed by atoms with Crippen molar-refractivity contribution in [3.8, 4) is 0 Å². The van der Waals surface area contributed by atoms with Crippen molar-refractivity contribution in [2.24, 2.45) is 5.73 Å². The van der Waals surface area contributed by atoms with Gasteiger partial charge in [-0.1, -0.05) is 18.3 Å². The Bertz CT molecular complexity index is 1470. The summed E-state index contributed by atoms with van der Waals surface area (Å²) >= 11 is 5.28. The van der Waals surface area contributed by atoms with E-state index in [-0.39, 0.29) is 91.6 Å². The summed E-state index contributed by atoms with van der Waals surface area (Å²) in [6.45, 7) is -0.190. The number of ether oxygens (including phenoxy) is 1. The van der Waals surface area contributed by atoms with Crippen LogP contribution in [0.3, 0.4) is 0 Å². The predicted octanol–water partition coefficient (Wildman–Crippen LogP) is 1.15. The van der Waals surface area contributed by atoms with E-state index in [0.717, 1.165) is 4.31 Å². The van der Waals surface area contributed by atoms with Gasteiger partial charge in [0.25, 0.3) is 5.60 Å². The summed E-state index contributed by atoms with van der Waals surface area (Å²) in [5.41, 5.74) is -2.47. The Kier molecular flexibility index (Phi) is 8.47. The van der Waals surface area contributed by atoms with Crippen LogP contribution in [-0.4, -0.2) is 107 Å². The second-order valence-corrected chi connectivity index (χ2v) is 13.6. The number of rotatable bonds is 6. The van der Waals surface area contributed by atoms with Gasteiger partial charge in [0, 0.05) is 86.0 Å². The summed E-state index contributed by atoms with van der Waals surface area (Å²) in [7, 11) is -4.28. The highest BCUT2D eigenvalue weighted by molar-refractivity contribution is 7.96. The van der Waals surface area contributed by atoms with Gasteiger partial charge < -0.3 is 20.9 Å². The first-order chi connectivity index (χ1) is 20.4. The van der Waals surface area contributed by atoms with Gasteiger partial charge in [-0.3, -0.25) is 9.69 Å². The minimum absolute atomic E-state index is 0.00279. The van der Waals surface area contributed by atoms with E-state index in [0.29, 0.717) is 0 Å². The summed E-state index contributed by atoms with van der Waals surface area (Å²) in [6.07, 6.45) is -8.69. The molecule has 11 nitrogen and oxygen atoms in total. The Balaban J connectivity index is 1.57. The van der Waals surface area contributed by atoms with E-state index in [4.69, 9.17) is 22.7 Å². The van der Waals surface area contributed by atoms with Crippen molar-refractivity contribution < 1.29 is 49.4 Å². The fourth-order valence-electron chi connectivity index (χ4n) is 5.96. The number of piperazine rings is 1. The molecule has 2 bridgehead atoms. The molecule has 1 aromatic heterocycles. The zero-order chi connectivity index (χ0) is 32.3. The van der Waals surface area contributed by atoms with Gasteiger partial charge in [0.15, 0.2) is 5.82 Å². The molecule has 3 fully saturated rings. The molecule has 4 N–H and O–H groups in total. The van der Waals surface area contributed by atoms with Crippen molar-refractivity contribution in [1.82, 2.24) is 24.5 Å². The monoisotopic (exact) mass is 670 g/mol. The number of nitrogens with two attached hydrogens (primary N) is 1. The quantitative estimate of drug-likeness (QED) is 0.296. The van der Waals surface area contributed by atoms with Gasteiger partial charge >= 0.3 is 12.4 Å². The number of ketones is 1. The van der Waals surface area contributed by atoms with Gasteiger partial charge in [-0.05, 0) is 6.08 Å². The number of Topliss-reactive ketones (excluding diaryl/α,β-unsaturated/α-hetero) is 1. The van der Waals surface area contributed by atoms with Crippen molar-refractivity contribution in [3.05, 3.63) is 46.5 Å². The molecule has 44 heavy (non-hydrogen) atoms. The van der Waals surface area contributed by atoms with Crippen LogP contribution >= 0.6 is 12.2 Å². The van der Waals surface area contributed by atoms with Gasteiger partial charge in [-0.15, -0.1) is 0 Å². The molecule has 0 spiro atoms. The Morgan fingerprint density at radius 2 is 1.70 bits per heavy atom. The second-order valence-electron chi connectivity index (χ2n) is 11.2. The molecule has 3 saturated heterocycles. The number of carbonyl (C=O) groups excluding carboxylic acids is 1. The van der Waals surface area contributed by atoms with E-state index < -0.39 is 57.7 Å². The smallest absolute Gasteiger partial charge is 0.399 e. The van der Waals surface area contributed by atoms with Gasteiger partial charge in [0.1, 0.15) is 11.3 Å². The Morgan fingerprint density at radius 3 is 2.27 bits per heavy atom. The van der Waals surface area contributed by atoms with Crippen LogP contribution in [0.1, 0.15) is 30.7 Å². The molecule has 0 aromatic carbocycles. The SMILES string of the molecule is NC1=CCC(=S)C(S(=O)(=O)N2CCN[C@](CN3C4COCC3CC(=O)C4)(c3ncc(C(O)(C(F)(F)F)C(F)(F)F)cn3)C2)=C1. The maximum atomic E-state index is 13.8.